The summed E-state index contributed by atoms with van der Waals surface area (Å²) in [5.41, 5.74) is 1.57. The standard InChI is InChI=1S/C12H15N3O2S/c1-4-11-14-9(6-18-11)8(3)13-12(16)10-5-7(2)15-17-10/h5-6,8H,4H2,1-3H3,(H,13,16). The van der Waals surface area contributed by atoms with Gasteiger partial charge in [-0.1, -0.05) is 12.1 Å². The van der Waals surface area contributed by atoms with Gasteiger partial charge < -0.3 is 9.84 Å². The molecule has 1 amide bonds. The smallest absolute Gasteiger partial charge is 0.290 e. The summed E-state index contributed by atoms with van der Waals surface area (Å²) < 4.78 is 4.91. The molecule has 0 fully saturated rings. The van der Waals surface area contributed by atoms with E-state index in [2.05, 4.69) is 22.4 Å². The van der Waals surface area contributed by atoms with Crippen LogP contribution in [0.5, 0.6) is 0 Å². The van der Waals surface area contributed by atoms with E-state index in [1.165, 1.54) is 0 Å². The molecule has 6 heteroatoms. The SMILES string of the molecule is CCc1nc(C(C)NC(=O)c2cc(C)no2)cs1. The predicted octanol–water partition coefficient (Wildman–Crippen LogP) is 2.49. The molecule has 1 N–H and O–H groups in total. The number of nitrogens with zero attached hydrogens (tertiary/aromatic N) is 2. The van der Waals surface area contributed by atoms with Crippen molar-refractivity contribution in [2.45, 2.75) is 33.2 Å². The van der Waals surface area contributed by atoms with Crippen LogP contribution in [0.1, 0.15) is 46.8 Å². The topological polar surface area (TPSA) is 68.0 Å². The Labute approximate surface area is 109 Å². The second kappa shape index (κ2) is 5.30. The summed E-state index contributed by atoms with van der Waals surface area (Å²) in [6.45, 7) is 5.73. The van der Waals surface area contributed by atoms with Crippen molar-refractivity contribution < 1.29 is 9.32 Å². The second-order valence-corrected chi connectivity index (χ2v) is 4.99. The maximum Gasteiger partial charge on any atom is 0.290 e. The summed E-state index contributed by atoms with van der Waals surface area (Å²) in [5.74, 6) is -0.0422. The molecule has 2 aromatic heterocycles. The van der Waals surface area contributed by atoms with Crippen LogP contribution in [0.25, 0.3) is 0 Å². The molecule has 0 aromatic carbocycles. The number of nitrogens with one attached hydrogen (secondary N) is 1. The molecule has 1 atom stereocenters. The molecule has 0 bridgehead atoms. The zero-order valence-corrected chi connectivity index (χ0v) is 11.4. The molecule has 0 aliphatic carbocycles. The molecule has 2 rings (SSSR count). The average molecular weight is 265 g/mol. The minimum Gasteiger partial charge on any atom is -0.351 e. The monoisotopic (exact) mass is 265 g/mol. The summed E-state index contributed by atoms with van der Waals surface area (Å²) in [7, 11) is 0. The Morgan fingerprint density at radius 3 is 2.94 bits per heavy atom. The highest BCUT2D eigenvalue weighted by Crippen LogP contribution is 2.17. The Hall–Kier alpha value is -1.69. The molecule has 0 saturated carbocycles. The van der Waals surface area contributed by atoms with E-state index in [9.17, 15) is 4.79 Å². The third-order valence-corrected chi connectivity index (χ3v) is 3.53. The highest BCUT2D eigenvalue weighted by Gasteiger charge is 2.17. The van der Waals surface area contributed by atoms with Crippen LogP contribution in [0, 0.1) is 6.92 Å². The molecule has 0 saturated heterocycles. The molecule has 0 aliphatic heterocycles. The van der Waals surface area contributed by atoms with Crippen molar-refractivity contribution in [3.05, 3.63) is 33.6 Å². The number of carbonyl (C=O) groups excluding carboxylic acids is 1. The van der Waals surface area contributed by atoms with Crippen molar-refractivity contribution in [2.24, 2.45) is 0 Å². The van der Waals surface area contributed by atoms with Gasteiger partial charge in [0.1, 0.15) is 0 Å². The zero-order valence-electron chi connectivity index (χ0n) is 10.6. The maximum atomic E-state index is 11.8. The van der Waals surface area contributed by atoms with Gasteiger partial charge in [0, 0.05) is 11.4 Å². The van der Waals surface area contributed by atoms with Crippen molar-refractivity contribution in [1.29, 1.82) is 0 Å². The average Bonchev–Trinajstić information content (AvgIpc) is 2.97. The number of aryl methyl sites for hydroxylation is 2. The summed E-state index contributed by atoms with van der Waals surface area (Å²) >= 11 is 1.61. The van der Waals surface area contributed by atoms with E-state index in [1.807, 2.05) is 12.3 Å². The van der Waals surface area contributed by atoms with Crippen LogP contribution >= 0.6 is 11.3 Å². The first-order valence-electron chi connectivity index (χ1n) is 5.78. The molecule has 5 nitrogen and oxygen atoms in total. The Morgan fingerprint density at radius 1 is 1.61 bits per heavy atom. The number of thiazole rings is 1. The van der Waals surface area contributed by atoms with Gasteiger partial charge in [0.2, 0.25) is 5.76 Å². The van der Waals surface area contributed by atoms with Gasteiger partial charge in [0.05, 0.1) is 22.4 Å². The molecule has 2 aromatic rings. The first kappa shape index (κ1) is 12.8. The van der Waals surface area contributed by atoms with Gasteiger partial charge in [-0.2, -0.15) is 0 Å². The van der Waals surface area contributed by atoms with Crippen LogP contribution in [0.4, 0.5) is 0 Å². The lowest BCUT2D eigenvalue weighted by Crippen LogP contribution is -2.26. The molecular formula is C12H15N3O2S. The number of aromatic nitrogens is 2. The second-order valence-electron chi connectivity index (χ2n) is 4.05. The van der Waals surface area contributed by atoms with Crippen molar-refractivity contribution >= 4 is 17.2 Å². The zero-order chi connectivity index (χ0) is 13.1. The fourth-order valence-electron chi connectivity index (χ4n) is 1.50. The first-order valence-corrected chi connectivity index (χ1v) is 6.66. The van der Waals surface area contributed by atoms with Crippen LogP contribution in [-0.2, 0) is 6.42 Å². The van der Waals surface area contributed by atoms with Gasteiger partial charge >= 0.3 is 0 Å². The van der Waals surface area contributed by atoms with Crippen molar-refractivity contribution in [3.8, 4) is 0 Å². The Kier molecular flexibility index (Phi) is 3.76. The van der Waals surface area contributed by atoms with Crippen LogP contribution in [0.3, 0.4) is 0 Å². The molecular weight excluding hydrogens is 250 g/mol. The Bertz CT molecular complexity index is 547. The van der Waals surface area contributed by atoms with Crippen LogP contribution in [0.2, 0.25) is 0 Å². The van der Waals surface area contributed by atoms with Gasteiger partial charge in [-0.15, -0.1) is 11.3 Å². The van der Waals surface area contributed by atoms with Crippen molar-refractivity contribution in [2.75, 3.05) is 0 Å². The fraction of sp³-hybridized carbons (Fsp3) is 0.417. The molecule has 96 valence electrons. The van der Waals surface area contributed by atoms with E-state index < -0.39 is 0 Å². The van der Waals surface area contributed by atoms with Gasteiger partial charge in [0.25, 0.3) is 5.91 Å². The largest absolute Gasteiger partial charge is 0.351 e. The van der Waals surface area contributed by atoms with Crippen LogP contribution in [0.15, 0.2) is 16.0 Å². The van der Waals surface area contributed by atoms with Gasteiger partial charge in [-0.25, -0.2) is 4.98 Å². The Balaban J connectivity index is 2.02. The third-order valence-electron chi connectivity index (χ3n) is 2.51. The maximum absolute atomic E-state index is 11.8. The summed E-state index contributed by atoms with van der Waals surface area (Å²) in [4.78, 5) is 16.3. The molecule has 0 aliphatic rings. The van der Waals surface area contributed by atoms with E-state index in [0.717, 1.165) is 17.1 Å². The van der Waals surface area contributed by atoms with E-state index in [4.69, 9.17) is 4.52 Å². The van der Waals surface area contributed by atoms with E-state index in [0.29, 0.717) is 5.69 Å². The lowest BCUT2D eigenvalue weighted by molar-refractivity contribution is 0.0902. The first-order chi connectivity index (χ1) is 8.60. The van der Waals surface area contributed by atoms with E-state index in [1.54, 1.807) is 24.3 Å². The number of rotatable bonds is 4. The number of carbonyl (C=O) groups is 1. The highest BCUT2D eigenvalue weighted by molar-refractivity contribution is 7.09. The van der Waals surface area contributed by atoms with Gasteiger partial charge in [-0.3, -0.25) is 4.79 Å². The van der Waals surface area contributed by atoms with Crippen LogP contribution in [-0.4, -0.2) is 16.0 Å². The van der Waals surface area contributed by atoms with Gasteiger partial charge in [0.15, 0.2) is 0 Å². The summed E-state index contributed by atoms with van der Waals surface area (Å²) in [5, 5.41) is 9.56. The normalized spacial score (nSPS) is 12.4. The molecule has 0 radical (unpaired) electrons. The minimum absolute atomic E-state index is 0.139. The summed E-state index contributed by atoms with van der Waals surface area (Å²) in [6, 6.07) is 1.47. The lowest BCUT2D eigenvalue weighted by atomic mass is 10.2. The summed E-state index contributed by atoms with van der Waals surface area (Å²) in [6.07, 6.45) is 0.909. The predicted molar refractivity (Wildman–Crippen MR) is 68.6 cm³/mol. The molecule has 2 heterocycles. The lowest BCUT2D eigenvalue weighted by Gasteiger charge is -2.09. The number of hydrogen-bond donors (Lipinski definition) is 1. The van der Waals surface area contributed by atoms with E-state index in [-0.39, 0.29) is 17.7 Å². The van der Waals surface area contributed by atoms with Gasteiger partial charge in [-0.05, 0) is 20.3 Å². The molecule has 1 unspecified atom stereocenters. The van der Waals surface area contributed by atoms with Crippen molar-refractivity contribution in [1.82, 2.24) is 15.5 Å². The number of hydrogen-bond acceptors (Lipinski definition) is 5. The highest BCUT2D eigenvalue weighted by atomic mass is 32.1. The van der Waals surface area contributed by atoms with E-state index >= 15 is 0 Å². The molecule has 18 heavy (non-hydrogen) atoms. The third kappa shape index (κ3) is 2.76. The quantitative estimate of drug-likeness (QED) is 0.922. The van der Waals surface area contributed by atoms with Crippen LogP contribution < -0.4 is 5.32 Å². The molecule has 0 spiro atoms. The Morgan fingerprint density at radius 2 is 2.39 bits per heavy atom. The van der Waals surface area contributed by atoms with Crippen molar-refractivity contribution in [3.63, 3.8) is 0 Å². The fourth-order valence-corrected chi connectivity index (χ4v) is 2.34. The number of amides is 1. The minimum atomic E-state index is -0.269.